The molecule has 1 aliphatic rings. The van der Waals surface area contributed by atoms with Crippen molar-refractivity contribution in [2.75, 3.05) is 0 Å². The highest BCUT2D eigenvalue weighted by molar-refractivity contribution is 5.67. The fourth-order valence-corrected chi connectivity index (χ4v) is 2.99. The molecule has 0 radical (unpaired) electrons. The molecule has 126 valence electrons. The Morgan fingerprint density at radius 1 is 1.04 bits per heavy atom. The number of carbonyl (C=O) groups excluding carboxylic acids is 1. The van der Waals surface area contributed by atoms with Crippen molar-refractivity contribution in [3.63, 3.8) is 0 Å². The van der Waals surface area contributed by atoms with E-state index < -0.39 is 0 Å². The Morgan fingerprint density at radius 3 is 2.33 bits per heavy atom. The first-order valence-corrected chi connectivity index (χ1v) is 8.49. The molecule has 4 heteroatoms. The molecule has 0 bridgehead atoms. The third-order valence-corrected chi connectivity index (χ3v) is 4.46. The van der Waals surface area contributed by atoms with E-state index in [1.165, 1.54) is 5.56 Å². The van der Waals surface area contributed by atoms with Gasteiger partial charge in [0.1, 0.15) is 6.61 Å². The Balaban J connectivity index is 1.34. The summed E-state index contributed by atoms with van der Waals surface area (Å²) in [6.45, 7) is 2.48. The molecule has 2 aromatic carbocycles. The van der Waals surface area contributed by atoms with Gasteiger partial charge in [-0.2, -0.15) is 0 Å². The Morgan fingerprint density at radius 2 is 1.67 bits per heavy atom. The van der Waals surface area contributed by atoms with Crippen molar-refractivity contribution in [1.29, 1.82) is 0 Å². The van der Waals surface area contributed by atoms with Gasteiger partial charge in [-0.25, -0.2) is 4.79 Å². The van der Waals surface area contributed by atoms with Gasteiger partial charge >= 0.3 is 6.09 Å². The van der Waals surface area contributed by atoms with Crippen molar-refractivity contribution < 1.29 is 9.53 Å². The summed E-state index contributed by atoms with van der Waals surface area (Å²) in [5.74, 6) is 0. The van der Waals surface area contributed by atoms with Crippen LogP contribution in [0.25, 0.3) is 0 Å². The first-order valence-electron chi connectivity index (χ1n) is 8.49. The molecule has 0 aromatic heterocycles. The molecule has 24 heavy (non-hydrogen) atoms. The number of alkyl carbamates (subject to hydrolysis) is 1. The van der Waals surface area contributed by atoms with Crippen molar-refractivity contribution in [2.24, 2.45) is 0 Å². The first kappa shape index (κ1) is 16.5. The summed E-state index contributed by atoms with van der Waals surface area (Å²) < 4.78 is 5.25. The van der Waals surface area contributed by atoms with Crippen LogP contribution in [0, 0.1) is 0 Å². The molecule has 1 aliphatic carbocycles. The second kappa shape index (κ2) is 7.97. The maximum atomic E-state index is 11.8. The third kappa shape index (κ3) is 4.59. The summed E-state index contributed by atoms with van der Waals surface area (Å²) in [5, 5.41) is 6.53. The van der Waals surface area contributed by atoms with Gasteiger partial charge in [0.2, 0.25) is 0 Å². The molecule has 0 heterocycles. The number of hydrogen-bond donors (Lipinski definition) is 2. The van der Waals surface area contributed by atoms with E-state index in [0.29, 0.717) is 18.7 Å². The molecule has 3 rings (SSSR count). The highest BCUT2D eigenvalue weighted by Crippen LogP contribution is 2.24. The maximum Gasteiger partial charge on any atom is 0.407 e. The molecular weight excluding hydrogens is 300 g/mol. The Hall–Kier alpha value is -2.33. The van der Waals surface area contributed by atoms with Gasteiger partial charge < -0.3 is 15.4 Å². The molecule has 0 saturated heterocycles. The van der Waals surface area contributed by atoms with Crippen molar-refractivity contribution >= 4 is 6.09 Å². The smallest absolute Gasteiger partial charge is 0.407 e. The zero-order chi connectivity index (χ0) is 16.8. The number of carbonyl (C=O) groups is 1. The van der Waals surface area contributed by atoms with Crippen molar-refractivity contribution in [3.05, 3.63) is 71.8 Å². The van der Waals surface area contributed by atoms with Crippen LogP contribution in [-0.4, -0.2) is 18.2 Å². The molecule has 4 nitrogen and oxygen atoms in total. The summed E-state index contributed by atoms with van der Waals surface area (Å²) >= 11 is 0. The van der Waals surface area contributed by atoms with Crippen LogP contribution in [0.15, 0.2) is 60.7 Å². The third-order valence-electron chi connectivity index (χ3n) is 4.46. The number of rotatable bonds is 6. The van der Waals surface area contributed by atoms with Crippen LogP contribution in [0.2, 0.25) is 0 Å². The number of benzene rings is 2. The Labute approximate surface area is 143 Å². The minimum absolute atomic E-state index is 0.203. The Bertz CT molecular complexity index is 639. The monoisotopic (exact) mass is 324 g/mol. The molecular formula is C20H24N2O2. The minimum atomic E-state index is -0.335. The van der Waals surface area contributed by atoms with Gasteiger partial charge in [0, 0.05) is 18.1 Å². The van der Waals surface area contributed by atoms with Gasteiger partial charge in [0.25, 0.3) is 0 Å². The zero-order valence-electron chi connectivity index (χ0n) is 13.9. The largest absolute Gasteiger partial charge is 0.445 e. The number of amides is 1. The van der Waals surface area contributed by atoms with Gasteiger partial charge in [0.15, 0.2) is 0 Å². The highest BCUT2D eigenvalue weighted by atomic mass is 16.5. The second-order valence-electron chi connectivity index (χ2n) is 6.37. The standard InChI is InChI=1S/C20H24N2O2/c1-15(17-10-6-3-7-11-17)21-18-12-19(13-18)22-20(23)24-14-16-8-4-2-5-9-16/h2-11,15,18-19,21H,12-14H2,1H3,(H,22,23). The molecule has 1 amide bonds. The van der Waals surface area contributed by atoms with E-state index in [1.807, 2.05) is 36.4 Å². The van der Waals surface area contributed by atoms with Gasteiger partial charge in [0.05, 0.1) is 0 Å². The zero-order valence-corrected chi connectivity index (χ0v) is 13.9. The summed E-state index contributed by atoms with van der Waals surface area (Å²) in [6, 6.07) is 21.1. The summed E-state index contributed by atoms with van der Waals surface area (Å²) in [4.78, 5) is 11.8. The van der Waals surface area contributed by atoms with Crippen molar-refractivity contribution in [2.45, 2.75) is 44.5 Å². The lowest BCUT2D eigenvalue weighted by atomic mass is 9.86. The number of hydrogen-bond acceptors (Lipinski definition) is 3. The van der Waals surface area contributed by atoms with Gasteiger partial charge in [-0.15, -0.1) is 0 Å². The average molecular weight is 324 g/mol. The van der Waals surface area contributed by atoms with Crippen molar-refractivity contribution in [1.82, 2.24) is 10.6 Å². The van der Waals surface area contributed by atoms with Crippen LogP contribution >= 0.6 is 0 Å². The predicted molar refractivity (Wildman–Crippen MR) is 94.6 cm³/mol. The van der Waals surface area contributed by atoms with Crippen LogP contribution in [0.3, 0.4) is 0 Å². The lowest BCUT2D eigenvalue weighted by Gasteiger charge is -2.38. The van der Waals surface area contributed by atoms with Crippen LogP contribution in [-0.2, 0) is 11.3 Å². The first-order chi connectivity index (χ1) is 11.7. The van der Waals surface area contributed by atoms with Crippen LogP contribution in [0.4, 0.5) is 4.79 Å². The highest BCUT2D eigenvalue weighted by Gasteiger charge is 2.31. The average Bonchev–Trinajstić information content (AvgIpc) is 2.59. The maximum absolute atomic E-state index is 11.8. The van der Waals surface area contributed by atoms with E-state index in [1.54, 1.807) is 0 Å². The van der Waals surface area contributed by atoms with E-state index >= 15 is 0 Å². The normalized spacial score (nSPS) is 20.7. The summed E-state index contributed by atoms with van der Waals surface area (Å²) in [6.07, 6.45) is 1.55. The Kier molecular flexibility index (Phi) is 5.49. The molecule has 0 spiro atoms. The lowest BCUT2D eigenvalue weighted by molar-refractivity contribution is 0.124. The fraction of sp³-hybridized carbons (Fsp3) is 0.350. The van der Waals surface area contributed by atoms with Crippen LogP contribution < -0.4 is 10.6 Å². The quantitative estimate of drug-likeness (QED) is 0.850. The molecule has 0 aliphatic heterocycles. The fourth-order valence-electron chi connectivity index (χ4n) is 2.99. The van der Waals surface area contributed by atoms with Crippen LogP contribution in [0.5, 0.6) is 0 Å². The topological polar surface area (TPSA) is 50.4 Å². The lowest BCUT2D eigenvalue weighted by Crippen LogP contribution is -2.52. The number of nitrogens with one attached hydrogen (secondary N) is 2. The predicted octanol–water partition coefficient (Wildman–Crippen LogP) is 3.79. The summed E-state index contributed by atoms with van der Waals surface area (Å²) in [5.41, 5.74) is 2.29. The summed E-state index contributed by atoms with van der Waals surface area (Å²) in [7, 11) is 0. The van der Waals surface area contributed by atoms with E-state index in [4.69, 9.17) is 4.74 Å². The molecule has 1 unspecified atom stereocenters. The van der Waals surface area contributed by atoms with E-state index in [0.717, 1.165) is 18.4 Å². The SMILES string of the molecule is CC(NC1CC(NC(=O)OCc2ccccc2)C1)c1ccccc1. The molecule has 1 fully saturated rings. The second-order valence-corrected chi connectivity index (χ2v) is 6.37. The van der Waals surface area contributed by atoms with Crippen LogP contribution in [0.1, 0.15) is 36.9 Å². The van der Waals surface area contributed by atoms with Gasteiger partial charge in [-0.3, -0.25) is 0 Å². The van der Waals surface area contributed by atoms with Gasteiger partial charge in [-0.05, 0) is 30.9 Å². The number of ether oxygens (including phenoxy) is 1. The minimum Gasteiger partial charge on any atom is -0.445 e. The van der Waals surface area contributed by atoms with E-state index in [-0.39, 0.29) is 12.1 Å². The van der Waals surface area contributed by atoms with Gasteiger partial charge in [-0.1, -0.05) is 60.7 Å². The molecule has 1 saturated carbocycles. The molecule has 2 aromatic rings. The molecule has 2 N–H and O–H groups in total. The molecule has 1 atom stereocenters. The van der Waals surface area contributed by atoms with E-state index in [9.17, 15) is 4.79 Å². The van der Waals surface area contributed by atoms with Crippen molar-refractivity contribution in [3.8, 4) is 0 Å². The van der Waals surface area contributed by atoms with E-state index in [2.05, 4.69) is 41.8 Å².